The lowest BCUT2D eigenvalue weighted by Gasteiger charge is -2.26. The largest absolute Gasteiger partial charge is 0.497 e. The molecule has 0 aliphatic carbocycles. The van der Waals surface area contributed by atoms with Gasteiger partial charge in [0.15, 0.2) is 0 Å². The van der Waals surface area contributed by atoms with E-state index in [0.29, 0.717) is 36.6 Å². The van der Waals surface area contributed by atoms with Gasteiger partial charge >= 0.3 is 5.97 Å². The van der Waals surface area contributed by atoms with Gasteiger partial charge in [0, 0.05) is 31.5 Å². The molecule has 0 aliphatic rings. The van der Waals surface area contributed by atoms with E-state index in [-0.39, 0.29) is 18.1 Å². The van der Waals surface area contributed by atoms with Gasteiger partial charge in [-0.15, -0.1) is 0 Å². The molecule has 0 heterocycles. The fourth-order valence-electron chi connectivity index (χ4n) is 3.45. The van der Waals surface area contributed by atoms with E-state index in [2.05, 4.69) is 25.2 Å². The maximum absolute atomic E-state index is 10.8. The van der Waals surface area contributed by atoms with Crippen LogP contribution in [-0.4, -0.2) is 51.2 Å². The first kappa shape index (κ1) is 28.4. The summed E-state index contributed by atoms with van der Waals surface area (Å²) in [7, 11) is 4.91. The number of hydrogen-bond donors (Lipinski definition) is 2. The van der Waals surface area contributed by atoms with Gasteiger partial charge in [0.05, 0.1) is 20.3 Å². The minimum absolute atomic E-state index is 0.199. The Kier molecular flexibility index (Phi) is 13.1. The van der Waals surface area contributed by atoms with Gasteiger partial charge < -0.3 is 29.8 Å². The first-order chi connectivity index (χ1) is 15.7. The summed E-state index contributed by atoms with van der Waals surface area (Å²) in [6, 6.07) is 5.51. The molecular weight excluding hydrogens is 422 g/mol. The van der Waals surface area contributed by atoms with Crippen LogP contribution in [0.1, 0.15) is 39.2 Å². The molecule has 33 heavy (non-hydrogen) atoms. The molecule has 1 aromatic carbocycles. The van der Waals surface area contributed by atoms with Gasteiger partial charge in [-0.3, -0.25) is 0 Å². The van der Waals surface area contributed by atoms with Crippen molar-refractivity contribution in [3.63, 3.8) is 0 Å². The summed E-state index contributed by atoms with van der Waals surface area (Å²) < 4.78 is 22.5. The summed E-state index contributed by atoms with van der Waals surface area (Å²) in [5, 5.41) is 8.88. The first-order valence-electron chi connectivity index (χ1n) is 11.0. The first-order valence-corrected chi connectivity index (χ1v) is 11.0. The number of aliphatic carboxylic acids is 1. The zero-order chi connectivity index (χ0) is 24.8. The van der Waals surface area contributed by atoms with Crippen LogP contribution in [-0.2, 0) is 25.6 Å². The average molecular weight is 462 g/mol. The number of carbonyl (C=O) groups is 1. The highest BCUT2D eigenvalue weighted by Crippen LogP contribution is 2.20. The predicted octanol–water partition coefficient (Wildman–Crippen LogP) is 4.77. The Hall–Kier alpha value is -2.61. The van der Waals surface area contributed by atoms with Crippen LogP contribution in [0.2, 0.25) is 0 Å². The van der Waals surface area contributed by atoms with Crippen LogP contribution in [0.4, 0.5) is 5.69 Å². The van der Waals surface area contributed by atoms with E-state index in [0.717, 1.165) is 17.6 Å². The maximum Gasteiger partial charge on any atom is 0.330 e. The van der Waals surface area contributed by atoms with Crippen LogP contribution in [0.25, 0.3) is 0 Å². The second-order valence-corrected chi connectivity index (χ2v) is 8.03. The smallest absolute Gasteiger partial charge is 0.330 e. The number of anilines is 1. The molecule has 7 nitrogen and oxygen atoms in total. The van der Waals surface area contributed by atoms with Crippen LogP contribution < -0.4 is 10.5 Å². The normalized spacial score (nSPS) is 15.5. The Morgan fingerprint density at radius 3 is 2.45 bits per heavy atom. The molecule has 0 saturated carbocycles. The zero-order valence-corrected chi connectivity index (χ0v) is 20.7. The lowest BCUT2D eigenvalue weighted by molar-refractivity contribution is -0.132. The molecular formula is C26H39NO6. The summed E-state index contributed by atoms with van der Waals surface area (Å²) in [6.07, 6.45) is 9.02. The number of benzene rings is 1. The quantitative estimate of drug-likeness (QED) is 0.168. The molecule has 1 rings (SSSR count). The van der Waals surface area contributed by atoms with Crippen molar-refractivity contribution in [2.75, 3.05) is 33.7 Å². The Labute approximate surface area is 197 Å². The number of methoxy groups -OCH3 is 3. The highest BCUT2D eigenvalue weighted by atomic mass is 16.6. The number of unbranched alkanes of at least 4 members (excludes halogenated alkanes) is 1. The van der Waals surface area contributed by atoms with Crippen molar-refractivity contribution >= 4 is 11.7 Å². The third kappa shape index (κ3) is 10.7. The van der Waals surface area contributed by atoms with E-state index in [4.69, 9.17) is 29.8 Å². The Morgan fingerprint density at radius 1 is 1.12 bits per heavy atom. The van der Waals surface area contributed by atoms with E-state index in [1.54, 1.807) is 40.4 Å². The number of nitrogens with two attached hydrogens (primary N) is 1. The van der Waals surface area contributed by atoms with E-state index < -0.39 is 5.97 Å². The fraction of sp³-hybridized carbons (Fsp3) is 0.500. The van der Waals surface area contributed by atoms with Crippen molar-refractivity contribution in [1.29, 1.82) is 0 Å². The van der Waals surface area contributed by atoms with E-state index >= 15 is 0 Å². The van der Waals surface area contributed by atoms with Crippen LogP contribution in [0.15, 0.2) is 53.6 Å². The molecule has 3 unspecified atom stereocenters. The van der Waals surface area contributed by atoms with E-state index in [1.807, 2.05) is 19.1 Å². The number of ether oxygens (including phenoxy) is 4. The fourth-order valence-corrected chi connectivity index (χ4v) is 3.45. The monoisotopic (exact) mass is 461 g/mol. The molecule has 0 radical (unpaired) electrons. The average Bonchev–Trinajstić information content (AvgIpc) is 2.77. The zero-order valence-electron chi connectivity index (χ0n) is 20.7. The van der Waals surface area contributed by atoms with Gasteiger partial charge in [-0.1, -0.05) is 31.2 Å². The number of carboxylic acids is 1. The number of nitrogen functional groups attached to an aromatic ring is 1. The van der Waals surface area contributed by atoms with Gasteiger partial charge in [-0.25, -0.2) is 4.79 Å². The third-order valence-corrected chi connectivity index (χ3v) is 5.20. The van der Waals surface area contributed by atoms with E-state index in [1.165, 1.54) is 0 Å². The van der Waals surface area contributed by atoms with Crippen LogP contribution >= 0.6 is 0 Å². The molecule has 0 amide bonds. The minimum Gasteiger partial charge on any atom is -0.497 e. The molecule has 0 aromatic heterocycles. The molecule has 184 valence electrons. The molecule has 1 aromatic rings. The topological polar surface area (TPSA) is 100 Å². The third-order valence-electron chi connectivity index (χ3n) is 5.20. The summed E-state index contributed by atoms with van der Waals surface area (Å²) in [6.45, 7) is 6.46. The van der Waals surface area contributed by atoms with Crippen LogP contribution in [0.3, 0.4) is 0 Å². The van der Waals surface area contributed by atoms with Crippen molar-refractivity contribution in [2.45, 2.75) is 52.4 Å². The van der Waals surface area contributed by atoms with Crippen molar-refractivity contribution in [3.8, 4) is 5.75 Å². The SMILES string of the molecule is COc1cc(N)cc(COCC(OC)C(OC)/C(C)=C/C(C)/C=C/CC/C=C(\C)C(=O)O)c1. The molecule has 3 atom stereocenters. The van der Waals surface area contributed by atoms with E-state index in [9.17, 15) is 4.79 Å². The molecule has 0 aliphatic heterocycles. The lowest BCUT2D eigenvalue weighted by atomic mass is 10.0. The molecule has 0 spiro atoms. The van der Waals surface area contributed by atoms with Gasteiger partial charge in [0.2, 0.25) is 0 Å². The molecule has 0 fully saturated rings. The summed E-state index contributed by atoms with van der Waals surface area (Å²) >= 11 is 0. The molecule has 3 N–H and O–H groups in total. The number of hydrogen-bond acceptors (Lipinski definition) is 6. The Balaban J connectivity index is 2.64. The number of carboxylic acid groups (broad SMARTS) is 1. The van der Waals surface area contributed by atoms with Crippen LogP contribution in [0, 0.1) is 5.92 Å². The number of allylic oxidation sites excluding steroid dienone is 4. The highest BCUT2D eigenvalue weighted by Gasteiger charge is 2.23. The lowest BCUT2D eigenvalue weighted by Crippen LogP contribution is -2.35. The predicted molar refractivity (Wildman–Crippen MR) is 131 cm³/mol. The van der Waals surface area contributed by atoms with Crippen molar-refractivity contribution in [3.05, 3.63) is 59.2 Å². The van der Waals surface area contributed by atoms with Crippen molar-refractivity contribution in [1.82, 2.24) is 0 Å². The van der Waals surface area contributed by atoms with Crippen molar-refractivity contribution < 1.29 is 28.8 Å². The van der Waals surface area contributed by atoms with Crippen LogP contribution in [0.5, 0.6) is 5.75 Å². The Bertz CT molecular complexity index is 830. The molecule has 7 heteroatoms. The highest BCUT2D eigenvalue weighted by molar-refractivity contribution is 5.85. The Morgan fingerprint density at radius 2 is 1.85 bits per heavy atom. The molecule has 0 saturated heterocycles. The van der Waals surface area contributed by atoms with Gasteiger partial charge in [0.1, 0.15) is 18.0 Å². The maximum atomic E-state index is 10.8. The summed E-state index contributed by atoms with van der Waals surface area (Å²) in [5.41, 5.74) is 8.88. The van der Waals surface area contributed by atoms with Gasteiger partial charge in [-0.2, -0.15) is 0 Å². The standard InChI is InChI=1S/C26H39NO6/c1-18(10-8-7-9-11-19(2)26(28)29)12-20(3)25(32-6)24(31-5)17-33-16-21-13-22(27)15-23(14-21)30-4/h8,10-15,18,24-25H,7,9,16-17,27H2,1-6H3,(H,28,29)/b10-8+,19-11+,20-12+. The second-order valence-electron chi connectivity index (χ2n) is 8.03. The summed E-state index contributed by atoms with van der Waals surface area (Å²) in [5.74, 6) is 0.0201. The second kappa shape index (κ2) is 15.3. The summed E-state index contributed by atoms with van der Waals surface area (Å²) in [4.78, 5) is 10.8. The van der Waals surface area contributed by atoms with Crippen molar-refractivity contribution in [2.24, 2.45) is 5.92 Å². The van der Waals surface area contributed by atoms with Gasteiger partial charge in [0.25, 0.3) is 0 Å². The molecule has 0 bridgehead atoms. The number of rotatable bonds is 15. The minimum atomic E-state index is -0.874. The van der Waals surface area contributed by atoms with Gasteiger partial charge in [-0.05, 0) is 55.9 Å².